The third-order valence-electron chi connectivity index (χ3n) is 6.61. The van der Waals surface area contributed by atoms with Gasteiger partial charge in [0.15, 0.2) is 0 Å². The highest BCUT2D eigenvalue weighted by molar-refractivity contribution is 6.12. The summed E-state index contributed by atoms with van der Waals surface area (Å²) in [6, 6.07) is 37.7. The first kappa shape index (κ1) is 16.0. The van der Waals surface area contributed by atoms with Crippen molar-refractivity contribution in [2.24, 2.45) is 0 Å². The van der Waals surface area contributed by atoms with Gasteiger partial charge >= 0.3 is 0 Å². The fourth-order valence-corrected chi connectivity index (χ4v) is 5.27. The monoisotopic (exact) mass is 381 g/mol. The van der Waals surface area contributed by atoms with E-state index in [1.807, 2.05) is 0 Å². The first-order valence-electron chi connectivity index (χ1n) is 10.5. The maximum atomic E-state index is 2.47. The molecule has 7 rings (SSSR count). The van der Waals surface area contributed by atoms with Crippen LogP contribution in [0.1, 0.15) is 11.1 Å². The molecule has 0 atom stereocenters. The van der Waals surface area contributed by atoms with Gasteiger partial charge in [0.05, 0.1) is 11.0 Å². The Morgan fingerprint density at radius 2 is 1.37 bits per heavy atom. The Kier molecular flexibility index (Phi) is 3.12. The summed E-state index contributed by atoms with van der Waals surface area (Å²) in [7, 11) is 0. The minimum atomic E-state index is 0.993. The van der Waals surface area contributed by atoms with Gasteiger partial charge in [-0.3, -0.25) is 0 Å². The summed E-state index contributed by atoms with van der Waals surface area (Å²) in [5.74, 6) is 0. The van der Waals surface area contributed by atoms with Crippen molar-refractivity contribution in [3.8, 4) is 16.8 Å². The molecule has 0 saturated carbocycles. The van der Waals surface area contributed by atoms with Crippen molar-refractivity contribution in [1.29, 1.82) is 0 Å². The molecule has 1 nitrogen and oxygen atoms in total. The molecule has 5 aromatic carbocycles. The molecule has 1 heterocycles. The van der Waals surface area contributed by atoms with Gasteiger partial charge in [0.2, 0.25) is 0 Å². The van der Waals surface area contributed by atoms with Crippen LogP contribution in [0.4, 0.5) is 0 Å². The minimum Gasteiger partial charge on any atom is -0.309 e. The second-order valence-electron chi connectivity index (χ2n) is 8.21. The van der Waals surface area contributed by atoms with E-state index in [4.69, 9.17) is 0 Å². The summed E-state index contributed by atoms with van der Waals surface area (Å²) in [4.78, 5) is 0. The molecule has 1 aliphatic rings. The molecule has 6 aromatic rings. The Bertz CT molecular complexity index is 1620. The third-order valence-corrected chi connectivity index (χ3v) is 6.61. The summed E-state index contributed by atoms with van der Waals surface area (Å²) >= 11 is 0. The number of hydrogen-bond donors (Lipinski definition) is 0. The molecule has 0 unspecified atom stereocenters. The van der Waals surface area contributed by atoms with E-state index in [1.54, 1.807) is 0 Å². The van der Waals surface area contributed by atoms with E-state index in [0.29, 0.717) is 0 Å². The Morgan fingerprint density at radius 3 is 2.33 bits per heavy atom. The van der Waals surface area contributed by atoms with E-state index >= 15 is 0 Å². The Balaban J connectivity index is 1.63. The normalized spacial score (nSPS) is 12.5. The zero-order valence-corrected chi connectivity index (χ0v) is 16.5. The molecular weight excluding hydrogens is 362 g/mol. The van der Waals surface area contributed by atoms with Crippen LogP contribution in [-0.2, 0) is 6.42 Å². The van der Waals surface area contributed by atoms with Crippen molar-refractivity contribution in [1.82, 2.24) is 4.57 Å². The summed E-state index contributed by atoms with van der Waals surface area (Å²) in [5.41, 5.74) is 9.47. The van der Waals surface area contributed by atoms with E-state index in [2.05, 4.69) is 108 Å². The number of rotatable bonds is 1. The third kappa shape index (κ3) is 2.07. The van der Waals surface area contributed by atoms with Crippen LogP contribution < -0.4 is 0 Å². The lowest BCUT2D eigenvalue weighted by Gasteiger charge is -2.12. The molecule has 1 heteroatoms. The van der Waals surface area contributed by atoms with Crippen molar-refractivity contribution in [3.05, 3.63) is 114 Å². The molecule has 0 spiro atoms. The SMILES string of the molecule is c1ccc2c(c1)Cc1c-2ccc2c3ccccc3n(-c3ccc4ccccc4c3)c12. The molecule has 1 aliphatic carbocycles. The van der Waals surface area contributed by atoms with Gasteiger partial charge < -0.3 is 4.57 Å². The Morgan fingerprint density at radius 1 is 0.567 bits per heavy atom. The molecule has 0 N–H and O–H groups in total. The van der Waals surface area contributed by atoms with Crippen molar-refractivity contribution < 1.29 is 0 Å². The van der Waals surface area contributed by atoms with E-state index in [1.165, 1.54) is 60.5 Å². The number of para-hydroxylation sites is 1. The fraction of sp³-hybridized carbons (Fsp3) is 0.0345. The largest absolute Gasteiger partial charge is 0.309 e. The second kappa shape index (κ2) is 5.84. The van der Waals surface area contributed by atoms with Crippen LogP contribution in [0.2, 0.25) is 0 Å². The highest BCUT2D eigenvalue weighted by Gasteiger charge is 2.24. The first-order chi connectivity index (χ1) is 14.9. The Labute approximate surface area is 174 Å². The van der Waals surface area contributed by atoms with Gasteiger partial charge in [0.1, 0.15) is 0 Å². The van der Waals surface area contributed by atoms with E-state index in [9.17, 15) is 0 Å². The van der Waals surface area contributed by atoms with Crippen LogP contribution in [0, 0.1) is 0 Å². The standard InChI is InChI=1S/C29H19N/c1-2-8-20-17-22(14-13-19(20)7-1)30-28-12-6-5-11-25(28)26-16-15-24-23-10-4-3-9-21(23)18-27(24)29(26)30/h1-17H,18H2. The molecule has 0 amide bonds. The van der Waals surface area contributed by atoms with Gasteiger partial charge in [0.25, 0.3) is 0 Å². The highest BCUT2D eigenvalue weighted by atomic mass is 15.0. The number of fused-ring (bicyclic) bond motifs is 8. The van der Waals surface area contributed by atoms with Crippen molar-refractivity contribution in [2.45, 2.75) is 6.42 Å². The van der Waals surface area contributed by atoms with Gasteiger partial charge in [-0.15, -0.1) is 0 Å². The fourth-order valence-electron chi connectivity index (χ4n) is 5.27. The van der Waals surface area contributed by atoms with Gasteiger partial charge in [-0.2, -0.15) is 0 Å². The number of benzene rings is 5. The Hall–Kier alpha value is -3.84. The van der Waals surface area contributed by atoms with Gasteiger partial charge in [-0.1, -0.05) is 84.9 Å². The quantitative estimate of drug-likeness (QED) is 0.277. The summed E-state index contributed by atoms with van der Waals surface area (Å²) in [6.07, 6.45) is 0.993. The van der Waals surface area contributed by atoms with E-state index < -0.39 is 0 Å². The van der Waals surface area contributed by atoms with Gasteiger partial charge in [-0.25, -0.2) is 0 Å². The molecule has 0 saturated heterocycles. The average Bonchev–Trinajstić information content (AvgIpc) is 3.34. The lowest BCUT2D eigenvalue weighted by Crippen LogP contribution is -1.97. The molecule has 1 aromatic heterocycles. The summed E-state index contributed by atoms with van der Waals surface area (Å²) < 4.78 is 2.47. The van der Waals surface area contributed by atoms with Crippen molar-refractivity contribution >= 4 is 32.6 Å². The number of aromatic nitrogens is 1. The van der Waals surface area contributed by atoms with Crippen LogP contribution in [0.25, 0.3) is 49.4 Å². The molecule has 0 fully saturated rings. The smallest absolute Gasteiger partial charge is 0.0582 e. The van der Waals surface area contributed by atoms with E-state index in [-0.39, 0.29) is 0 Å². The zero-order valence-electron chi connectivity index (χ0n) is 16.5. The summed E-state index contributed by atoms with van der Waals surface area (Å²) in [5, 5.41) is 5.21. The first-order valence-corrected chi connectivity index (χ1v) is 10.5. The summed E-state index contributed by atoms with van der Waals surface area (Å²) in [6.45, 7) is 0. The van der Waals surface area contributed by atoms with Crippen molar-refractivity contribution in [2.75, 3.05) is 0 Å². The molecule has 0 aliphatic heterocycles. The predicted molar refractivity (Wildman–Crippen MR) is 127 cm³/mol. The highest BCUT2D eigenvalue weighted by Crippen LogP contribution is 2.44. The molecule has 0 radical (unpaired) electrons. The van der Waals surface area contributed by atoms with E-state index in [0.717, 1.165) is 6.42 Å². The van der Waals surface area contributed by atoms with Gasteiger partial charge in [-0.05, 0) is 51.2 Å². The van der Waals surface area contributed by atoms with Crippen LogP contribution >= 0.6 is 0 Å². The topological polar surface area (TPSA) is 4.93 Å². The average molecular weight is 381 g/mol. The van der Waals surface area contributed by atoms with Crippen LogP contribution in [0.3, 0.4) is 0 Å². The second-order valence-corrected chi connectivity index (χ2v) is 8.21. The number of hydrogen-bond acceptors (Lipinski definition) is 0. The lowest BCUT2D eigenvalue weighted by atomic mass is 10.0. The zero-order chi connectivity index (χ0) is 19.7. The molecule has 0 bridgehead atoms. The maximum absolute atomic E-state index is 2.47. The maximum Gasteiger partial charge on any atom is 0.0582 e. The molecular formula is C29H19N. The lowest BCUT2D eigenvalue weighted by molar-refractivity contribution is 1.16. The van der Waals surface area contributed by atoms with Crippen molar-refractivity contribution in [3.63, 3.8) is 0 Å². The molecule has 30 heavy (non-hydrogen) atoms. The van der Waals surface area contributed by atoms with Crippen LogP contribution in [0.15, 0.2) is 103 Å². The minimum absolute atomic E-state index is 0.993. The number of nitrogens with zero attached hydrogens (tertiary/aromatic N) is 1. The molecule has 140 valence electrons. The van der Waals surface area contributed by atoms with Gasteiger partial charge in [0, 0.05) is 22.9 Å². The predicted octanol–water partition coefficient (Wildman–Crippen LogP) is 7.51. The van der Waals surface area contributed by atoms with Crippen LogP contribution in [0.5, 0.6) is 0 Å². The van der Waals surface area contributed by atoms with Crippen LogP contribution in [-0.4, -0.2) is 4.57 Å².